The van der Waals surface area contributed by atoms with Gasteiger partial charge >= 0.3 is 0 Å². The molecule has 0 spiro atoms. The van der Waals surface area contributed by atoms with Crippen LogP contribution in [0.2, 0.25) is 10.0 Å². The number of hydrogen-bond acceptors (Lipinski definition) is 4. The molecule has 6 heteroatoms. The molecular formula is C24H23Cl2N3O. The Hall–Kier alpha value is -2.14. The molecule has 30 heavy (non-hydrogen) atoms. The van der Waals surface area contributed by atoms with Crippen molar-refractivity contribution >= 4 is 29.0 Å². The van der Waals surface area contributed by atoms with E-state index in [-0.39, 0.29) is 6.04 Å². The first-order valence-corrected chi connectivity index (χ1v) is 11.2. The second kappa shape index (κ2) is 7.84. The maximum Gasteiger partial charge on any atom is 0.148 e. The number of nitrogens with one attached hydrogen (secondary N) is 1. The summed E-state index contributed by atoms with van der Waals surface area (Å²) < 4.78 is 0. The number of aliphatic hydroxyl groups excluding tert-OH is 1. The number of fused-ring (bicyclic) bond motifs is 1. The molecule has 4 nitrogen and oxygen atoms in total. The van der Waals surface area contributed by atoms with E-state index in [1.54, 1.807) is 6.07 Å². The quantitative estimate of drug-likeness (QED) is 0.514. The average Bonchev–Trinajstić information content (AvgIpc) is 3.53. The number of anilines is 1. The third kappa shape index (κ3) is 3.58. The molecule has 154 valence electrons. The van der Waals surface area contributed by atoms with Crippen LogP contribution in [0.1, 0.15) is 54.2 Å². The fourth-order valence-electron chi connectivity index (χ4n) is 4.26. The van der Waals surface area contributed by atoms with Gasteiger partial charge in [-0.25, -0.2) is 9.97 Å². The first kappa shape index (κ1) is 19.8. The van der Waals surface area contributed by atoms with Crippen LogP contribution in [-0.4, -0.2) is 21.2 Å². The second-order valence-corrected chi connectivity index (χ2v) is 8.94. The van der Waals surface area contributed by atoms with Crippen molar-refractivity contribution < 1.29 is 5.11 Å². The Labute approximate surface area is 186 Å². The first-order valence-electron chi connectivity index (χ1n) is 10.4. The molecular weight excluding hydrogens is 417 g/mol. The lowest BCUT2D eigenvalue weighted by atomic mass is 10.1. The van der Waals surface area contributed by atoms with Crippen molar-refractivity contribution in [1.29, 1.82) is 0 Å². The van der Waals surface area contributed by atoms with Crippen LogP contribution in [0.5, 0.6) is 0 Å². The van der Waals surface area contributed by atoms with Crippen molar-refractivity contribution in [3.8, 4) is 11.3 Å². The first-order chi connectivity index (χ1) is 14.5. The van der Waals surface area contributed by atoms with E-state index in [4.69, 9.17) is 33.2 Å². The summed E-state index contributed by atoms with van der Waals surface area (Å²) in [5.41, 5.74) is 5.86. The van der Waals surface area contributed by atoms with Gasteiger partial charge in [-0.1, -0.05) is 54.4 Å². The molecule has 3 aromatic rings. The van der Waals surface area contributed by atoms with Crippen molar-refractivity contribution in [3.05, 3.63) is 75.0 Å². The molecule has 2 N–H and O–H groups in total. The molecule has 2 aliphatic carbocycles. The highest BCUT2D eigenvalue weighted by molar-refractivity contribution is 6.36. The van der Waals surface area contributed by atoms with Crippen LogP contribution < -0.4 is 5.32 Å². The third-order valence-corrected chi connectivity index (χ3v) is 6.52. The van der Waals surface area contributed by atoms with Gasteiger partial charge in [0.2, 0.25) is 0 Å². The normalized spacial score (nSPS) is 20.3. The summed E-state index contributed by atoms with van der Waals surface area (Å²) >= 11 is 12.6. The van der Waals surface area contributed by atoms with Crippen molar-refractivity contribution in [2.24, 2.45) is 0 Å². The minimum Gasteiger partial charge on any atom is -0.390 e. The van der Waals surface area contributed by atoms with Gasteiger partial charge in [0.15, 0.2) is 0 Å². The molecule has 1 unspecified atom stereocenters. The fraction of sp³-hybridized carbons (Fsp3) is 0.333. The van der Waals surface area contributed by atoms with Gasteiger partial charge < -0.3 is 10.4 Å². The third-order valence-electron chi connectivity index (χ3n) is 5.98. The number of hydrogen-bond donors (Lipinski definition) is 2. The Morgan fingerprint density at radius 3 is 2.63 bits per heavy atom. The van der Waals surface area contributed by atoms with E-state index in [0.717, 1.165) is 53.3 Å². The lowest BCUT2D eigenvalue weighted by molar-refractivity contribution is 0.165. The number of aliphatic hydroxyl groups is 1. The molecule has 2 aromatic carbocycles. The van der Waals surface area contributed by atoms with Gasteiger partial charge in [-0.05, 0) is 48.6 Å². The summed E-state index contributed by atoms with van der Waals surface area (Å²) in [4.78, 5) is 10.0. The van der Waals surface area contributed by atoms with Gasteiger partial charge in [-0.3, -0.25) is 0 Å². The number of nitrogens with zero attached hydrogens (tertiary/aromatic N) is 2. The van der Waals surface area contributed by atoms with E-state index < -0.39 is 6.10 Å². The molecule has 1 saturated carbocycles. The summed E-state index contributed by atoms with van der Waals surface area (Å²) in [6, 6.07) is 13.5. The number of halogens is 2. The summed E-state index contributed by atoms with van der Waals surface area (Å²) in [5.74, 6) is 1.15. The molecule has 1 heterocycles. The number of aromatic nitrogens is 2. The fourth-order valence-corrected chi connectivity index (χ4v) is 4.76. The highest BCUT2D eigenvalue weighted by Crippen LogP contribution is 2.45. The summed E-state index contributed by atoms with van der Waals surface area (Å²) in [6.07, 6.45) is 3.10. The van der Waals surface area contributed by atoms with Crippen LogP contribution >= 0.6 is 23.2 Å². The molecule has 1 aromatic heterocycles. The van der Waals surface area contributed by atoms with E-state index in [2.05, 4.69) is 24.4 Å². The van der Waals surface area contributed by atoms with E-state index in [1.165, 1.54) is 5.56 Å². The minimum atomic E-state index is -0.483. The molecule has 0 radical (unpaired) electrons. The molecule has 0 saturated heterocycles. The Morgan fingerprint density at radius 2 is 1.90 bits per heavy atom. The van der Waals surface area contributed by atoms with Gasteiger partial charge in [0.05, 0.1) is 34.3 Å². The zero-order valence-electron chi connectivity index (χ0n) is 16.7. The van der Waals surface area contributed by atoms with Crippen LogP contribution in [0.3, 0.4) is 0 Å². The number of aryl methyl sites for hydroxylation is 1. The van der Waals surface area contributed by atoms with Crippen LogP contribution in [0, 0.1) is 0 Å². The summed E-state index contributed by atoms with van der Waals surface area (Å²) in [6.45, 7) is 2.07. The lowest BCUT2D eigenvalue weighted by Crippen LogP contribution is -2.23. The Morgan fingerprint density at radius 1 is 1.10 bits per heavy atom. The molecule has 2 aliphatic rings. The van der Waals surface area contributed by atoms with Crippen molar-refractivity contribution in [1.82, 2.24) is 9.97 Å². The SMILES string of the molecule is CCc1nc(-c2ccc(Cl)cc2Cl)c(C2CC2)nc1NC1c2ccccc2C[C@@H]1O. The minimum absolute atomic E-state index is 0.183. The highest BCUT2D eigenvalue weighted by Gasteiger charge is 2.34. The Bertz CT molecular complexity index is 1110. The summed E-state index contributed by atoms with van der Waals surface area (Å²) in [7, 11) is 0. The smallest absolute Gasteiger partial charge is 0.148 e. The van der Waals surface area contributed by atoms with Crippen LogP contribution in [0.4, 0.5) is 5.82 Å². The van der Waals surface area contributed by atoms with Crippen LogP contribution in [-0.2, 0) is 12.8 Å². The molecule has 0 aliphatic heterocycles. The van der Waals surface area contributed by atoms with Crippen molar-refractivity contribution in [3.63, 3.8) is 0 Å². The maximum atomic E-state index is 10.7. The maximum absolute atomic E-state index is 10.7. The molecule has 2 atom stereocenters. The van der Waals surface area contributed by atoms with Gasteiger partial charge in [0.25, 0.3) is 0 Å². The van der Waals surface area contributed by atoms with Crippen molar-refractivity contribution in [2.45, 2.75) is 50.7 Å². The van der Waals surface area contributed by atoms with E-state index in [9.17, 15) is 5.11 Å². The molecule has 0 amide bonds. The predicted octanol–water partition coefficient (Wildman–Crippen LogP) is 5.96. The largest absolute Gasteiger partial charge is 0.390 e. The van der Waals surface area contributed by atoms with E-state index in [0.29, 0.717) is 22.4 Å². The highest BCUT2D eigenvalue weighted by atomic mass is 35.5. The zero-order chi connectivity index (χ0) is 20.8. The zero-order valence-corrected chi connectivity index (χ0v) is 18.2. The molecule has 5 rings (SSSR count). The Balaban J connectivity index is 1.58. The van der Waals surface area contributed by atoms with E-state index in [1.807, 2.05) is 24.3 Å². The lowest BCUT2D eigenvalue weighted by Gasteiger charge is -2.22. The van der Waals surface area contributed by atoms with Crippen molar-refractivity contribution in [2.75, 3.05) is 5.32 Å². The Kier molecular flexibility index (Phi) is 5.18. The summed E-state index contributed by atoms with van der Waals surface area (Å²) in [5, 5.41) is 15.4. The van der Waals surface area contributed by atoms with E-state index >= 15 is 0 Å². The van der Waals surface area contributed by atoms with Crippen LogP contribution in [0.15, 0.2) is 42.5 Å². The van der Waals surface area contributed by atoms with Gasteiger partial charge in [0.1, 0.15) is 5.82 Å². The second-order valence-electron chi connectivity index (χ2n) is 8.10. The number of rotatable bonds is 5. The van der Waals surface area contributed by atoms with Gasteiger partial charge in [0, 0.05) is 22.9 Å². The van der Waals surface area contributed by atoms with Gasteiger partial charge in [-0.15, -0.1) is 0 Å². The van der Waals surface area contributed by atoms with Gasteiger partial charge in [-0.2, -0.15) is 0 Å². The molecule has 0 bridgehead atoms. The standard InChI is InChI=1S/C24H23Cl2N3O/c1-2-19-24(29-22-16-6-4-3-5-14(16)11-20(22)30)28-21(13-7-8-13)23(27-19)17-10-9-15(25)12-18(17)26/h3-6,9-10,12-13,20,22,30H,2,7-8,11H2,1H3,(H,28,29)/t20-,22?/m0/s1. The van der Waals surface area contributed by atoms with Crippen LogP contribution in [0.25, 0.3) is 11.3 Å². The molecule has 1 fully saturated rings. The average molecular weight is 440 g/mol. The predicted molar refractivity (Wildman–Crippen MR) is 121 cm³/mol. The topological polar surface area (TPSA) is 58.0 Å². The monoisotopic (exact) mass is 439 g/mol. The number of benzene rings is 2.